The molecule has 0 spiro atoms. The Bertz CT molecular complexity index is 633. The van der Waals surface area contributed by atoms with E-state index in [2.05, 4.69) is 10.3 Å². The second-order valence-corrected chi connectivity index (χ2v) is 5.54. The standard InChI is InChI=1S/C18H22FN3O/c1-14(16-8-5-10-20-13-16)22(2)18(23)21-11-4-7-15-6-3-9-17(19)12-15/h3,5-6,8-10,12-14H,4,7,11H2,1-2H3,(H,21,23). The van der Waals surface area contributed by atoms with Gasteiger partial charge >= 0.3 is 6.03 Å². The molecule has 1 atom stereocenters. The molecule has 1 aromatic heterocycles. The predicted octanol–water partition coefficient (Wildman–Crippen LogP) is 3.56. The number of hydrogen-bond acceptors (Lipinski definition) is 2. The Kier molecular flexibility index (Phi) is 6.09. The summed E-state index contributed by atoms with van der Waals surface area (Å²) in [6, 6.07) is 10.2. The van der Waals surface area contributed by atoms with Gasteiger partial charge in [0, 0.05) is 26.0 Å². The van der Waals surface area contributed by atoms with Gasteiger partial charge < -0.3 is 10.2 Å². The van der Waals surface area contributed by atoms with Gasteiger partial charge in [0.15, 0.2) is 0 Å². The first-order valence-corrected chi connectivity index (χ1v) is 7.73. The molecule has 2 rings (SSSR count). The van der Waals surface area contributed by atoms with E-state index in [0.717, 1.165) is 24.0 Å². The molecule has 122 valence electrons. The van der Waals surface area contributed by atoms with Crippen LogP contribution in [0.2, 0.25) is 0 Å². The van der Waals surface area contributed by atoms with E-state index in [4.69, 9.17) is 0 Å². The van der Waals surface area contributed by atoms with Gasteiger partial charge in [-0.25, -0.2) is 9.18 Å². The fraction of sp³-hybridized carbons (Fsp3) is 0.333. The van der Waals surface area contributed by atoms with Crippen molar-refractivity contribution in [2.75, 3.05) is 13.6 Å². The lowest BCUT2D eigenvalue weighted by atomic mass is 10.1. The van der Waals surface area contributed by atoms with Gasteiger partial charge in [0.2, 0.25) is 0 Å². The normalized spacial score (nSPS) is 11.8. The first-order valence-electron chi connectivity index (χ1n) is 7.73. The number of amides is 2. The van der Waals surface area contributed by atoms with Crippen molar-refractivity contribution in [2.24, 2.45) is 0 Å². The summed E-state index contributed by atoms with van der Waals surface area (Å²) in [5, 5.41) is 2.89. The van der Waals surface area contributed by atoms with Gasteiger partial charge in [0.25, 0.3) is 0 Å². The number of halogens is 1. The van der Waals surface area contributed by atoms with Gasteiger partial charge in [0.1, 0.15) is 5.82 Å². The van der Waals surface area contributed by atoms with Gasteiger partial charge in [0.05, 0.1) is 6.04 Å². The molecule has 0 radical (unpaired) electrons. The van der Waals surface area contributed by atoms with E-state index >= 15 is 0 Å². The first kappa shape index (κ1) is 16.9. The maximum atomic E-state index is 13.1. The van der Waals surface area contributed by atoms with E-state index in [9.17, 15) is 9.18 Å². The van der Waals surface area contributed by atoms with Crippen molar-refractivity contribution in [3.05, 3.63) is 65.7 Å². The third kappa shape index (κ3) is 5.06. The zero-order chi connectivity index (χ0) is 16.7. The van der Waals surface area contributed by atoms with E-state index in [1.165, 1.54) is 12.1 Å². The molecule has 5 heteroatoms. The molecule has 1 heterocycles. The molecular formula is C18H22FN3O. The number of nitrogens with one attached hydrogen (secondary N) is 1. The average molecular weight is 315 g/mol. The van der Waals surface area contributed by atoms with Crippen LogP contribution in [0.15, 0.2) is 48.8 Å². The number of aryl methyl sites for hydroxylation is 1. The molecule has 1 unspecified atom stereocenters. The van der Waals surface area contributed by atoms with Crippen LogP contribution in [0.5, 0.6) is 0 Å². The van der Waals surface area contributed by atoms with Crippen LogP contribution >= 0.6 is 0 Å². The van der Waals surface area contributed by atoms with E-state index < -0.39 is 0 Å². The lowest BCUT2D eigenvalue weighted by molar-refractivity contribution is 0.194. The molecule has 0 fully saturated rings. The van der Waals surface area contributed by atoms with Gasteiger partial charge in [-0.15, -0.1) is 0 Å². The molecule has 0 bridgehead atoms. The third-order valence-electron chi connectivity index (χ3n) is 3.88. The zero-order valence-electron chi connectivity index (χ0n) is 13.5. The van der Waals surface area contributed by atoms with Crippen LogP contribution in [0.25, 0.3) is 0 Å². The predicted molar refractivity (Wildman–Crippen MR) is 88.5 cm³/mol. The molecular weight excluding hydrogens is 293 g/mol. The Balaban J connectivity index is 1.76. The molecule has 1 N–H and O–H groups in total. The summed E-state index contributed by atoms with van der Waals surface area (Å²) in [5.41, 5.74) is 1.93. The smallest absolute Gasteiger partial charge is 0.317 e. The Morgan fingerprint density at radius 2 is 2.17 bits per heavy atom. The highest BCUT2D eigenvalue weighted by Crippen LogP contribution is 2.17. The maximum absolute atomic E-state index is 13.1. The summed E-state index contributed by atoms with van der Waals surface area (Å²) in [7, 11) is 1.76. The molecule has 4 nitrogen and oxygen atoms in total. The van der Waals surface area contributed by atoms with E-state index in [0.29, 0.717) is 6.54 Å². The quantitative estimate of drug-likeness (QED) is 0.829. The number of pyridine rings is 1. The second kappa shape index (κ2) is 8.27. The van der Waals surface area contributed by atoms with Crippen molar-refractivity contribution in [1.29, 1.82) is 0 Å². The average Bonchev–Trinajstić information content (AvgIpc) is 2.58. The van der Waals surface area contributed by atoms with Crippen molar-refractivity contribution >= 4 is 6.03 Å². The molecule has 2 amide bonds. The molecule has 2 aromatic rings. The summed E-state index contributed by atoms with van der Waals surface area (Å²) >= 11 is 0. The Morgan fingerprint density at radius 3 is 2.87 bits per heavy atom. The minimum absolute atomic E-state index is 0.0491. The highest BCUT2D eigenvalue weighted by molar-refractivity contribution is 5.74. The van der Waals surface area contributed by atoms with Crippen molar-refractivity contribution < 1.29 is 9.18 Å². The Labute approximate surface area is 136 Å². The second-order valence-electron chi connectivity index (χ2n) is 5.54. The van der Waals surface area contributed by atoms with Crippen LogP contribution in [0, 0.1) is 5.82 Å². The van der Waals surface area contributed by atoms with Gasteiger partial charge in [-0.1, -0.05) is 18.2 Å². The summed E-state index contributed by atoms with van der Waals surface area (Å²) in [6.45, 7) is 2.52. The highest BCUT2D eigenvalue weighted by Gasteiger charge is 2.16. The van der Waals surface area contributed by atoms with Crippen LogP contribution in [-0.2, 0) is 6.42 Å². The number of urea groups is 1. The molecule has 1 aromatic carbocycles. The monoisotopic (exact) mass is 315 g/mol. The number of carbonyl (C=O) groups excluding carboxylic acids is 1. The molecule has 0 aliphatic carbocycles. The highest BCUT2D eigenvalue weighted by atomic mass is 19.1. The van der Waals surface area contributed by atoms with Crippen LogP contribution < -0.4 is 5.32 Å². The number of carbonyl (C=O) groups is 1. The lowest BCUT2D eigenvalue weighted by Crippen LogP contribution is -2.39. The van der Waals surface area contributed by atoms with Gasteiger partial charge in [-0.05, 0) is 49.1 Å². The summed E-state index contributed by atoms with van der Waals surface area (Å²) < 4.78 is 13.1. The number of benzene rings is 1. The molecule has 0 saturated heterocycles. The Morgan fingerprint density at radius 1 is 1.35 bits per heavy atom. The molecule has 0 aliphatic rings. The topological polar surface area (TPSA) is 45.2 Å². The number of nitrogens with zero attached hydrogens (tertiary/aromatic N) is 2. The first-order chi connectivity index (χ1) is 11.1. The minimum atomic E-state index is -0.225. The van der Waals surface area contributed by atoms with Crippen LogP contribution in [-0.4, -0.2) is 29.5 Å². The van der Waals surface area contributed by atoms with E-state index in [1.807, 2.05) is 25.1 Å². The van der Waals surface area contributed by atoms with Gasteiger partial charge in [-0.3, -0.25) is 4.98 Å². The minimum Gasteiger partial charge on any atom is -0.338 e. The third-order valence-corrected chi connectivity index (χ3v) is 3.88. The fourth-order valence-corrected chi connectivity index (χ4v) is 2.33. The fourth-order valence-electron chi connectivity index (χ4n) is 2.33. The number of rotatable bonds is 6. The Hall–Kier alpha value is -2.43. The number of aromatic nitrogens is 1. The van der Waals surface area contributed by atoms with Crippen LogP contribution in [0.1, 0.15) is 30.5 Å². The largest absolute Gasteiger partial charge is 0.338 e. The van der Waals surface area contributed by atoms with Crippen molar-refractivity contribution in [3.63, 3.8) is 0 Å². The zero-order valence-corrected chi connectivity index (χ0v) is 13.5. The number of hydrogen-bond donors (Lipinski definition) is 1. The molecule has 23 heavy (non-hydrogen) atoms. The van der Waals surface area contributed by atoms with Crippen LogP contribution in [0.4, 0.5) is 9.18 Å². The molecule has 0 saturated carbocycles. The summed E-state index contributed by atoms with van der Waals surface area (Å²) in [4.78, 5) is 17.9. The SMILES string of the molecule is CC(c1cccnc1)N(C)C(=O)NCCCc1cccc(F)c1. The van der Waals surface area contributed by atoms with Crippen molar-refractivity contribution in [1.82, 2.24) is 15.2 Å². The summed E-state index contributed by atoms with van der Waals surface area (Å²) in [6.07, 6.45) is 4.98. The molecule has 0 aliphatic heterocycles. The van der Waals surface area contributed by atoms with Crippen LogP contribution in [0.3, 0.4) is 0 Å². The lowest BCUT2D eigenvalue weighted by Gasteiger charge is -2.25. The van der Waals surface area contributed by atoms with Gasteiger partial charge in [-0.2, -0.15) is 0 Å². The van der Waals surface area contributed by atoms with Crippen molar-refractivity contribution in [3.8, 4) is 0 Å². The van der Waals surface area contributed by atoms with E-state index in [1.54, 1.807) is 30.4 Å². The van der Waals surface area contributed by atoms with Crippen molar-refractivity contribution in [2.45, 2.75) is 25.8 Å². The maximum Gasteiger partial charge on any atom is 0.317 e. The summed E-state index contributed by atoms with van der Waals surface area (Å²) in [5.74, 6) is -0.225. The van der Waals surface area contributed by atoms with E-state index in [-0.39, 0.29) is 17.9 Å².